The van der Waals surface area contributed by atoms with Crippen molar-refractivity contribution in [2.75, 3.05) is 0 Å². The van der Waals surface area contributed by atoms with Crippen molar-refractivity contribution in [1.29, 1.82) is 0 Å². The third-order valence-electron chi connectivity index (χ3n) is 1.42. The second-order valence-corrected chi connectivity index (χ2v) is 4.63. The van der Waals surface area contributed by atoms with Crippen molar-refractivity contribution in [1.82, 2.24) is 0 Å². The molecule has 0 aliphatic carbocycles. The molecule has 0 unspecified atom stereocenters. The van der Waals surface area contributed by atoms with E-state index in [-0.39, 0.29) is 10.6 Å². The molecule has 0 aliphatic rings. The van der Waals surface area contributed by atoms with Gasteiger partial charge in [-0.2, -0.15) is 0 Å². The Labute approximate surface area is 97.0 Å². The maximum Gasteiger partial charge on any atom is 0.283 e. The molecule has 0 spiro atoms. The molecule has 3 nitrogen and oxygen atoms in total. The molecule has 1 aromatic carbocycles. The van der Waals surface area contributed by atoms with Gasteiger partial charge in [-0.1, -0.05) is 0 Å². The molecule has 12 heavy (non-hydrogen) atoms. The molecule has 0 heterocycles. The van der Waals surface area contributed by atoms with Crippen LogP contribution in [0.4, 0.5) is 5.69 Å². The molecule has 1 rings (SSSR count). The van der Waals surface area contributed by atoms with E-state index in [1.807, 2.05) is 35.6 Å². The Hall–Kier alpha value is 0.0800. The predicted octanol–water partition coefficient (Wildman–Crippen LogP) is 3.11. The fraction of sp³-hybridized carbons (Fsp3) is 0.143. The van der Waals surface area contributed by atoms with Gasteiger partial charge >= 0.3 is 0 Å². The maximum atomic E-state index is 10.5. The standard InChI is InChI=1S/C7H5I2NO2/c1-4-2-6(9)7(10(11)12)3-5(4)8/h2-3H,1H3. The van der Waals surface area contributed by atoms with Crippen molar-refractivity contribution in [3.05, 3.63) is 35.0 Å². The molecular weight excluding hydrogens is 384 g/mol. The molecule has 0 aromatic heterocycles. The van der Waals surface area contributed by atoms with Gasteiger partial charge in [0.15, 0.2) is 0 Å². The van der Waals surface area contributed by atoms with Gasteiger partial charge in [-0.15, -0.1) is 0 Å². The molecular formula is C7H5I2NO2. The molecule has 64 valence electrons. The molecule has 0 radical (unpaired) electrons. The van der Waals surface area contributed by atoms with Crippen LogP contribution in [0.2, 0.25) is 0 Å². The number of nitro benzene ring substituents is 1. The van der Waals surface area contributed by atoms with Crippen LogP contribution < -0.4 is 0 Å². The Kier molecular flexibility index (Phi) is 3.27. The van der Waals surface area contributed by atoms with Crippen LogP contribution in [0, 0.1) is 24.2 Å². The molecule has 1 aromatic rings. The first kappa shape index (κ1) is 10.2. The van der Waals surface area contributed by atoms with E-state index in [2.05, 4.69) is 22.6 Å². The lowest BCUT2D eigenvalue weighted by molar-refractivity contribution is -0.385. The Balaban J connectivity index is 3.33. The monoisotopic (exact) mass is 389 g/mol. The Morgan fingerprint density at radius 1 is 1.33 bits per heavy atom. The third-order valence-corrected chi connectivity index (χ3v) is 3.45. The first-order chi connectivity index (χ1) is 5.52. The van der Waals surface area contributed by atoms with Gasteiger partial charge in [0.05, 0.1) is 8.49 Å². The molecule has 0 saturated carbocycles. The van der Waals surface area contributed by atoms with Crippen LogP contribution in [0.15, 0.2) is 12.1 Å². The van der Waals surface area contributed by atoms with Gasteiger partial charge in [0, 0.05) is 9.64 Å². The minimum Gasteiger partial charge on any atom is -0.258 e. The highest BCUT2D eigenvalue weighted by atomic mass is 127. The van der Waals surface area contributed by atoms with E-state index in [4.69, 9.17) is 0 Å². The quantitative estimate of drug-likeness (QED) is 0.421. The smallest absolute Gasteiger partial charge is 0.258 e. The van der Waals surface area contributed by atoms with Crippen molar-refractivity contribution < 1.29 is 4.92 Å². The fourth-order valence-electron chi connectivity index (χ4n) is 0.776. The number of aryl methyl sites for hydroxylation is 1. The number of hydrogen-bond acceptors (Lipinski definition) is 2. The first-order valence-corrected chi connectivity index (χ1v) is 5.28. The van der Waals surface area contributed by atoms with Gasteiger partial charge in [0.25, 0.3) is 5.69 Å². The summed E-state index contributed by atoms with van der Waals surface area (Å²) in [6.45, 7) is 1.94. The SMILES string of the molecule is Cc1cc(I)c([N+](=O)[O-])cc1I. The van der Waals surface area contributed by atoms with E-state index in [0.717, 1.165) is 9.13 Å². The minimum absolute atomic E-state index is 0.186. The number of rotatable bonds is 1. The summed E-state index contributed by atoms with van der Waals surface area (Å²) in [6.07, 6.45) is 0. The molecule has 0 aliphatic heterocycles. The molecule has 0 amide bonds. The summed E-state index contributed by atoms with van der Waals surface area (Å²) in [5.74, 6) is 0. The second-order valence-electron chi connectivity index (χ2n) is 2.31. The highest BCUT2D eigenvalue weighted by molar-refractivity contribution is 14.1. The number of nitro groups is 1. The number of halogens is 2. The number of hydrogen-bond donors (Lipinski definition) is 0. The van der Waals surface area contributed by atoms with Gasteiger partial charge < -0.3 is 0 Å². The van der Waals surface area contributed by atoms with Crippen LogP contribution >= 0.6 is 45.2 Å². The molecule has 0 saturated heterocycles. The van der Waals surface area contributed by atoms with Crippen molar-refractivity contribution >= 4 is 50.9 Å². The lowest BCUT2D eigenvalue weighted by atomic mass is 10.2. The topological polar surface area (TPSA) is 43.1 Å². The van der Waals surface area contributed by atoms with E-state index >= 15 is 0 Å². The molecule has 0 fully saturated rings. The lowest BCUT2D eigenvalue weighted by Gasteiger charge is -1.99. The minimum atomic E-state index is -0.358. The highest BCUT2D eigenvalue weighted by Crippen LogP contribution is 2.25. The zero-order valence-corrected chi connectivity index (χ0v) is 10.5. The summed E-state index contributed by atoms with van der Waals surface area (Å²) in [7, 11) is 0. The fourth-order valence-corrected chi connectivity index (χ4v) is 2.05. The van der Waals surface area contributed by atoms with Crippen molar-refractivity contribution in [2.45, 2.75) is 6.92 Å². The molecule has 0 bridgehead atoms. The lowest BCUT2D eigenvalue weighted by Crippen LogP contribution is -1.93. The number of nitrogens with zero attached hydrogens (tertiary/aromatic N) is 1. The largest absolute Gasteiger partial charge is 0.283 e. The highest BCUT2D eigenvalue weighted by Gasteiger charge is 2.12. The average molecular weight is 389 g/mol. The van der Waals surface area contributed by atoms with Crippen LogP contribution in [0.1, 0.15) is 5.56 Å². The first-order valence-electron chi connectivity index (χ1n) is 3.12. The zero-order valence-electron chi connectivity index (χ0n) is 6.17. The number of benzene rings is 1. The molecule has 5 heteroatoms. The van der Waals surface area contributed by atoms with E-state index in [1.54, 1.807) is 6.07 Å². The van der Waals surface area contributed by atoms with Crippen molar-refractivity contribution in [2.24, 2.45) is 0 Å². The van der Waals surface area contributed by atoms with Crippen LogP contribution in [-0.4, -0.2) is 4.92 Å². The van der Waals surface area contributed by atoms with E-state index in [9.17, 15) is 10.1 Å². The van der Waals surface area contributed by atoms with Gasteiger partial charge in [0.1, 0.15) is 0 Å². The van der Waals surface area contributed by atoms with Crippen LogP contribution in [-0.2, 0) is 0 Å². The summed E-state index contributed by atoms with van der Waals surface area (Å²) in [5.41, 5.74) is 1.26. The summed E-state index contributed by atoms with van der Waals surface area (Å²) < 4.78 is 1.62. The second kappa shape index (κ2) is 3.86. The van der Waals surface area contributed by atoms with E-state index in [1.165, 1.54) is 0 Å². The average Bonchev–Trinajstić information content (AvgIpc) is 1.96. The van der Waals surface area contributed by atoms with Crippen molar-refractivity contribution in [3.63, 3.8) is 0 Å². The van der Waals surface area contributed by atoms with Gasteiger partial charge in [0.2, 0.25) is 0 Å². The van der Waals surface area contributed by atoms with Crippen LogP contribution in [0.5, 0.6) is 0 Å². The molecule has 0 N–H and O–H groups in total. The van der Waals surface area contributed by atoms with Gasteiger partial charge in [-0.25, -0.2) is 0 Å². The third kappa shape index (κ3) is 2.06. The Morgan fingerprint density at radius 2 is 1.92 bits per heavy atom. The summed E-state index contributed by atoms with van der Waals surface area (Å²) in [4.78, 5) is 10.1. The normalized spacial score (nSPS) is 9.92. The predicted molar refractivity (Wildman–Crippen MR) is 63.3 cm³/mol. The maximum absolute atomic E-state index is 10.5. The van der Waals surface area contributed by atoms with Crippen molar-refractivity contribution in [3.8, 4) is 0 Å². The summed E-state index contributed by atoms with van der Waals surface area (Å²) >= 11 is 4.07. The summed E-state index contributed by atoms with van der Waals surface area (Å²) in [6, 6.07) is 3.41. The Bertz CT molecular complexity index is 338. The molecule has 0 atom stereocenters. The Morgan fingerprint density at radius 3 is 2.42 bits per heavy atom. The summed E-state index contributed by atoms with van der Waals surface area (Å²) in [5, 5.41) is 10.5. The van der Waals surface area contributed by atoms with Crippen LogP contribution in [0.3, 0.4) is 0 Å². The van der Waals surface area contributed by atoms with Gasteiger partial charge in [-0.05, 0) is 63.7 Å². The van der Waals surface area contributed by atoms with Gasteiger partial charge in [-0.3, -0.25) is 10.1 Å². The van der Waals surface area contributed by atoms with E-state index < -0.39 is 0 Å². The zero-order chi connectivity index (χ0) is 9.30. The van der Waals surface area contributed by atoms with Crippen LogP contribution in [0.25, 0.3) is 0 Å². The van der Waals surface area contributed by atoms with E-state index in [0.29, 0.717) is 3.57 Å².